The highest BCUT2D eigenvalue weighted by Crippen LogP contribution is 2.29. The topological polar surface area (TPSA) is 127 Å². The molecule has 0 radical (unpaired) electrons. The first kappa shape index (κ1) is 21.2. The number of nitrogens with zero attached hydrogens (tertiary/aromatic N) is 2. The highest BCUT2D eigenvalue weighted by Gasteiger charge is 2.38. The molecule has 0 spiro atoms. The Balaban J connectivity index is 1.36. The lowest BCUT2D eigenvalue weighted by atomic mass is 10.2. The van der Waals surface area contributed by atoms with Crippen LogP contribution < -0.4 is 9.57 Å². The number of carbonyl (C=O) groups excluding carboxylic acids is 1. The number of halogens is 1. The van der Waals surface area contributed by atoms with Gasteiger partial charge in [0.05, 0.1) is 16.7 Å². The molecular weight excluding hydrogens is 458 g/mol. The van der Waals surface area contributed by atoms with Crippen molar-refractivity contribution in [2.75, 3.05) is 6.79 Å². The van der Waals surface area contributed by atoms with Gasteiger partial charge in [-0.15, -0.1) is 16.5 Å². The molecule has 2 aliphatic rings. The van der Waals surface area contributed by atoms with Gasteiger partial charge in [0.2, 0.25) is 0 Å². The van der Waals surface area contributed by atoms with Gasteiger partial charge < -0.3 is 14.2 Å². The molecule has 1 aliphatic heterocycles. The molecular formula is C17H16ClN3O7S2. The van der Waals surface area contributed by atoms with E-state index < -0.39 is 15.9 Å². The zero-order chi connectivity index (χ0) is 21.3. The average molecular weight is 474 g/mol. The van der Waals surface area contributed by atoms with Gasteiger partial charge in [0.25, 0.3) is 15.9 Å². The van der Waals surface area contributed by atoms with Crippen LogP contribution in [0.15, 0.2) is 46.2 Å². The minimum atomic E-state index is -4.20. The van der Waals surface area contributed by atoms with Crippen LogP contribution in [0, 0.1) is 0 Å². The second-order valence-corrected chi connectivity index (χ2v) is 9.51. The van der Waals surface area contributed by atoms with Crippen LogP contribution in [0.5, 0.6) is 5.75 Å². The van der Waals surface area contributed by atoms with Crippen molar-refractivity contribution < 1.29 is 32.6 Å². The summed E-state index contributed by atoms with van der Waals surface area (Å²) in [6, 6.07) is 5.46. The van der Waals surface area contributed by atoms with E-state index in [1.807, 2.05) is 4.83 Å². The van der Waals surface area contributed by atoms with E-state index in [1.165, 1.54) is 41.7 Å². The normalized spacial score (nSPS) is 20.7. The number of hydrogen-bond acceptors (Lipinski definition) is 9. The van der Waals surface area contributed by atoms with Gasteiger partial charge in [-0.2, -0.15) is 0 Å². The molecule has 2 N–H and O–H groups in total. The molecule has 1 aliphatic carbocycles. The average Bonchev–Trinajstić information content (AvgIpc) is 3.42. The van der Waals surface area contributed by atoms with Gasteiger partial charge in [-0.1, -0.05) is 16.4 Å². The van der Waals surface area contributed by atoms with Crippen molar-refractivity contribution in [2.45, 2.75) is 30.1 Å². The third kappa shape index (κ3) is 4.64. The summed E-state index contributed by atoms with van der Waals surface area (Å²) in [5.74, 6) is -0.486. The second kappa shape index (κ2) is 8.59. The summed E-state index contributed by atoms with van der Waals surface area (Å²) >= 11 is 7.04. The Labute approximate surface area is 180 Å². The number of thiazole rings is 1. The van der Waals surface area contributed by atoms with Crippen molar-refractivity contribution in [3.8, 4) is 5.75 Å². The molecule has 2 atom stereocenters. The molecule has 0 bridgehead atoms. The van der Waals surface area contributed by atoms with Gasteiger partial charge in [0.15, 0.2) is 4.47 Å². The van der Waals surface area contributed by atoms with E-state index in [2.05, 4.69) is 4.98 Å². The molecule has 1 fully saturated rings. The van der Waals surface area contributed by atoms with E-state index in [0.717, 1.165) is 0 Å². The van der Waals surface area contributed by atoms with Gasteiger partial charge >= 0.3 is 0 Å². The predicted octanol–water partition coefficient (Wildman–Crippen LogP) is 1.86. The number of aromatic nitrogens is 1. The Morgan fingerprint density at radius 3 is 2.80 bits per heavy atom. The molecule has 160 valence electrons. The first-order chi connectivity index (χ1) is 14.3. The number of hydrazine groups is 1. The summed E-state index contributed by atoms with van der Waals surface area (Å²) in [5.41, 5.74) is 0.847. The monoisotopic (exact) mass is 473 g/mol. The Morgan fingerprint density at radius 1 is 1.37 bits per heavy atom. The van der Waals surface area contributed by atoms with Crippen LogP contribution in [0.2, 0.25) is 4.47 Å². The molecule has 0 saturated carbocycles. The van der Waals surface area contributed by atoms with Crippen LogP contribution in [-0.2, 0) is 30.9 Å². The van der Waals surface area contributed by atoms with E-state index in [-0.39, 0.29) is 47.7 Å². The standard InChI is InChI=1S/C17H16ClN3O7S2/c18-17-19-11(8-29-17)7-26-12-1-3-13(4-2-12)30(24,25)20-21(23)16(22)10-5-14-15(6-10)28-9-27-14/h1-5,8,14-15,20,23H,6-7,9H2. The number of fused-ring (bicyclic) bond motifs is 1. The van der Waals surface area contributed by atoms with Crippen LogP contribution in [-0.4, -0.2) is 48.7 Å². The molecule has 1 amide bonds. The van der Waals surface area contributed by atoms with Gasteiger partial charge in [-0.3, -0.25) is 10.0 Å². The zero-order valence-electron chi connectivity index (χ0n) is 15.2. The van der Waals surface area contributed by atoms with E-state index in [0.29, 0.717) is 15.9 Å². The Hall–Kier alpha value is -2.06. The Morgan fingerprint density at radius 2 is 2.13 bits per heavy atom. The number of ether oxygens (including phenoxy) is 3. The van der Waals surface area contributed by atoms with E-state index in [1.54, 1.807) is 5.38 Å². The SMILES string of the molecule is O=C(C1=CC2OCOC2C1)N(O)NS(=O)(=O)c1ccc(OCc2csc(Cl)n2)cc1. The number of sulfonamides is 1. The molecule has 30 heavy (non-hydrogen) atoms. The highest BCUT2D eigenvalue weighted by atomic mass is 35.5. The lowest BCUT2D eigenvalue weighted by Gasteiger charge is -2.17. The first-order valence-electron chi connectivity index (χ1n) is 8.64. The molecule has 2 aromatic rings. The third-order valence-electron chi connectivity index (χ3n) is 4.41. The summed E-state index contributed by atoms with van der Waals surface area (Å²) in [5, 5.41) is 11.6. The maximum Gasteiger partial charge on any atom is 0.289 e. The molecule has 10 nitrogen and oxygen atoms in total. The highest BCUT2D eigenvalue weighted by molar-refractivity contribution is 7.89. The third-order valence-corrected chi connectivity index (χ3v) is 6.75. The van der Waals surface area contributed by atoms with E-state index in [4.69, 9.17) is 25.8 Å². The minimum Gasteiger partial charge on any atom is -0.487 e. The number of rotatable bonds is 7. The zero-order valence-corrected chi connectivity index (χ0v) is 17.6. The molecule has 2 heterocycles. The van der Waals surface area contributed by atoms with E-state index >= 15 is 0 Å². The van der Waals surface area contributed by atoms with Gasteiger partial charge in [0, 0.05) is 17.4 Å². The maximum absolute atomic E-state index is 12.5. The van der Waals surface area contributed by atoms with Crippen molar-refractivity contribution >= 4 is 38.9 Å². The number of hydroxylamine groups is 1. The smallest absolute Gasteiger partial charge is 0.289 e. The van der Waals surface area contributed by atoms with Gasteiger partial charge in [0.1, 0.15) is 25.3 Å². The minimum absolute atomic E-state index is 0.0569. The number of nitrogens with one attached hydrogen (secondary N) is 1. The summed E-state index contributed by atoms with van der Waals surface area (Å²) in [7, 11) is -4.20. The van der Waals surface area contributed by atoms with Crippen molar-refractivity contribution in [3.63, 3.8) is 0 Å². The van der Waals surface area contributed by atoms with Gasteiger partial charge in [-0.05, 0) is 30.3 Å². The second-order valence-electron chi connectivity index (χ2n) is 6.41. The summed E-state index contributed by atoms with van der Waals surface area (Å²) in [6.07, 6.45) is 1.06. The fourth-order valence-electron chi connectivity index (χ4n) is 2.94. The molecule has 13 heteroatoms. The lowest BCUT2D eigenvalue weighted by Crippen LogP contribution is -2.44. The lowest BCUT2D eigenvalue weighted by molar-refractivity contribution is -0.167. The molecule has 1 aromatic carbocycles. The fourth-order valence-corrected chi connectivity index (χ4v) is 4.62. The van der Waals surface area contributed by atoms with Crippen molar-refractivity contribution in [1.82, 2.24) is 15.0 Å². The largest absolute Gasteiger partial charge is 0.487 e. The maximum atomic E-state index is 12.5. The van der Waals surface area contributed by atoms with Gasteiger partial charge in [-0.25, -0.2) is 13.4 Å². The molecule has 1 aromatic heterocycles. The fraction of sp³-hybridized carbons (Fsp3) is 0.294. The quantitative estimate of drug-likeness (QED) is 0.460. The van der Waals surface area contributed by atoms with Crippen LogP contribution >= 0.6 is 22.9 Å². The van der Waals surface area contributed by atoms with Crippen molar-refractivity contribution in [1.29, 1.82) is 0 Å². The molecule has 2 unspecified atom stereocenters. The summed E-state index contributed by atoms with van der Waals surface area (Å²) < 4.78 is 41.4. The van der Waals surface area contributed by atoms with Crippen LogP contribution in [0.1, 0.15) is 12.1 Å². The first-order valence-corrected chi connectivity index (χ1v) is 11.4. The van der Waals surface area contributed by atoms with Crippen molar-refractivity contribution in [3.05, 3.63) is 51.5 Å². The van der Waals surface area contributed by atoms with E-state index in [9.17, 15) is 18.4 Å². The number of amides is 1. The Kier molecular flexibility index (Phi) is 6.06. The predicted molar refractivity (Wildman–Crippen MR) is 104 cm³/mol. The van der Waals surface area contributed by atoms with Crippen LogP contribution in [0.4, 0.5) is 0 Å². The molecule has 1 saturated heterocycles. The summed E-state index contributed by atoms with van der Waals surface area (Å²) in [6.45, 7) is 0.316. The number of carbonyl (C=O) groups is 1. The summed E-state index contributed by atoms with van der Waals surface area (Å²) in [4.78, 5) is 18.0. The molecule has 4 rings (SSSR count). The van der Waals surface area contributed by atoms with Crippen LogP contribution in [0.3, 0.4) is 0 Å². The number of benzene rings is 1. The Bertz CT molecular complexity index is 1070. The van der Waals surface area contributed by atoms with Crippen LogP contribution in [0.25, 0.3) is 0 Å². The van der Waals surface area contributed by atoms with Crippen molar-refractivity contribution in [2.24, 2.45) is 0 Å². The number of hydrogen-bond donors (Lipinski definition) is 2.